The molecule has 4 saturated heterocycles. The van der Waals surface area contributed by atoms with Crippen LogP contribution >= 0.6 is 0 Å². The van der Waals surface area contributed by atoms with Crippen LogP contribution in [0.2, 0.25) is 0 Å². The largest absolute Gasteiger partial charge is 0.495 e. The van der Waals surface area contributed by atoms with Gasteiger partial charge in [0.2, 0.25) is 23.6 Å². The number of rotatable bonds is 13. The van der Waals surface area contributed by atoms with Gasteiger partial charge in [-0.3, -0.25) is 39.2 Å². The zero-order valence-corrected chi connectivity index (χ0v) is 40.8. The number of methoxy groups -OCH3 is 1. The zero-order valence-electron chi connectivity index (χ0n) is 40.8. The second-order valence-electron chi connectivity index (χ2n) is 20.3. The second-order valence-corrected chi connectivity index (χ2v) is 20.3. The van der Waals surface area contributed by atoms with E-state index < -0.39 is 35.0 Å². The van der Waals surface area contributed by atoms with E-state index in [0.29, 0.717) is 77.6 Å². The molecule has 16 nitrogen and oxygen atoms in total. The van der Waals surface area contributed by atoms with Crippen LogP contribution in [0.1, 0.15) is 67.3 Å². The fourth-order valence-electron chi connectivity index (χ4n) is 11.5. The Bertz CT molecular complexity index is 2950. The van der Waals surface area contributed by atoms with Gasteiger partial charge in [0.15, 0.2) is 0 Å². The van der Waals surface area contributed by atoms with Crippen LogP contribution in [0.25, 0.3) is 10.9 Å². The molecule has 4 aromatic carbocycles. The fraction of sp³-hybridized carbons (Fsp3) is 0.418. The second kappa shape index (κ2) is 20.0. The lowest BCUT2D eigenvalue weighted by atomic mass is 9.94. The Kier molecular flexibility index (Phi) is 13.2. The van der Waals surface area contributed by atoms with Gasteiger partial charge in [0, 0.05) is 98.9 Å². The molecule has 3 N–H and O–H groups in total. The van der Waals surface area contributed by atoms with Crippen molar-refractivity contribution in [1.82, 2.24) is 25.0 Å². The summed E-state index contributed by atoms with van der Waals surface area (Å²) in [4.78, 5) is 79.9. The highest BCUT2D eigenvalue weighted by molar-refractivity contribution is 6.17. The molecule has 5 aliphatic heterocycles. The number of carbonyl (C=O) groups excluding carboxylic acids is 5. The number of ether oxygens (including phenoxy) is 2. The number of halogens is 2. The van der Waals surface area contributed by atoms with Crippen molar-refractivity contribution in [3.63, 3.8) is 0 Å². The van der Waals surface area contributed by atoms with Crippen molar-refractivity contribution in [2.45, 2.75) is 70.0 Å². The summed E-state index contributed by atoms with van der Waals surface area (Å²) in [5, 5.41) is 8.75. The van der Waals surface area contributed by atoms with Crippen LogP contribution in [0.4, 0.5) is 31.5 Å². The van der Waals surface area contributed by atoms with Crippen LogP contribution in [0.5, 0.6) is 17.2 Å². The van der Waals surface area contributed by atoms with Gasteiger partial charge < -0.3 is 39.7 Å². The Morgan fingerprint density at radius 2 is 1.45 bits per heavy atom. The van der Waals surface area contributed by atoms with Crippen LogP contribution < -0.4 is 35.2 Å². The van der Waals surface area contributed by atoms with Crippen LogP contribution in [-0.4, -0.2) is 127 Å². The van der Waals surface area contributed by atoms with E-state index in [1.165, 1.54) is 41.3 Å². The first-order chi connectivity index (χ1) is 35.4. The highest BCUT2D eigenvalue weighted by Gasteiger charge is 2.56. The van der Waals surface area contributed by atoms with E-state index in [1.54, 1.807) is 37.6 Å². The lowest BCUT2D eigenvalue weighted by molar-refractivity contribution is -0.137. The normalized spacial score (nSPS) is 20.7. The first kappa shape index (κ1) is 48.1. The number of anilines is 4. The minimum absolute atomic E-state index is 0.152. The lowest BCUT2D eigenvalue weighted by Gasteiger charge is -2.44. The number of nitrogens with one attached hydrogen (secondary N) is 3. The van der Waals surface area contributed by atoms with Crippen LogP contribution in [0.15, 0.2) is 85.1 Å². The summed E-state index contributed by atoms with van der Waals surface area (Å²) in [6, 6.07) is 20.9. The van der Waals surface area contributed by atoms with Gasteiger partial charge in [-0.05, 0) is 143 Å². The zero-order chi connectivity index (χ0) is 50.4. The number of piperidine rings is 3. The number of piperazine rings is 1. The Hall–Kier alpha value is -7.18. The van der Waals surface area contributed by atoms with Gasteiger partial charge in [-0.25, -0.2) is 8.78 Å². The molecule has 1 atom stereocenters. The van der Waals surface area contributed by atoms with Crippen molar-refractivity contribution in [2.75, 3.05) is 86.4 Å². The maximum atomic E-state index is 15.6. The number of imide groups is 1. The average Bonchev–Trinajstić information content (AvgIpc) is 4.16. The number of fused-ring (bicyclic) bond motifs is 2. The molecule has 6 heterocycles. The van der Waals surface area contributed by atoms with Crippen LogP contribution in [0.3, 0.4) is 0 Å². The molecular weight excluding hydrogens is 937 g/mol. The van der Waals surface area contributed by atoms with E-state index in [2.05, 4.69) is 41.6 Å². The van der Waals surface area contributed by atoms with E-state index in [0.717, 1.165) is 93.8 Å². The highest BCUT2D eigenvalue weighted by atomic mass is 19.1. The summed E-state index contributed by atoms with van der Waals surface area (Å²) in [5.41, 5.74) is 3.08. The summed E-state index contributed by atoms with van der Waals surface area (Å²) in [5.74, 6) is -0.190. The van der Waals surface area contributed by atoms with Gasteiger partial charge in [-0.1, -0.05) is 0 Å². The van der Waals surface area contributed by atoms with Gasteiger partial charge in [0.1, 0.15) is 40.3 Å². The third-order valence-corrected chi connectivity index (χ3v) is 15.9. The van der Waals surface area contributed by atoms with Gasteiger partial charge >= 0.3 is 0 Å². The molecule has 1 saturated carbocycles. The van der Waals surface area contributed by atoms with E-state index in [-0.39, 0.29) is 37.0 Å². The van der Waals surface area contributed by atoms with Crippen molar-refractivity contribution in [2.24, 2.45) is 11.3 Å². The number of carbonyl (C=O) groups is 5. The smallest absolute Gasteiger partial charge is 0.255 e. The third kappa shape index (κ3) is 9.77. The standard InChI is InChI=1S/C55H59F2N9O7/c1-72-48-30-41-44(58-21-14-47(41)73-39-8-6-37(7-9-39)60-54(71)55(19-20-55)53(70)59-36-4-2-35(56)3-5-36)31-46(48)64-24-15-34(16-25-64)32-62-22-17-38(18-23-62)63-26-28-65(29-27-63)50-42-33-66(45-12-13-49(67)61-51(45)68)52(69)40(42)10-11-43(50)57/h2-11,14,21,30-31,34,38,45H,12-13,15-20,22-29,32-33H2,1H3,(H,59,70)(H,60,71)(H,61,67,68). The number of pyridine rings is 1. The Labute approximate surface area is 422 Å². The fourth-order valence-corrected chi connectivity index (χ4v) is 11.5. The number of likely N-dealkylation sites (tertiary alicyclic amines) is 1. The van der Waals surface area contributed by atoms with Crippen molar-refractivity contribution < 1.29 is 42.2 Å². The van der Waals surface area contributed by atoms with Crippen molar-refractivity contribution in [3.8, 4) is 17.2 Å². The molecule has 18 heteroatoms. The molecule has 0 radical (unpaired) electrons. The number of nitrogens with zero attached hydrogens (tertiary/aromatic N) is 6. The molecule has 1 unspecified atom stereocenters. The average molecular weight is 996 g/mol. The Morgan fingerprint density at radius 1 is 0.767 bits per heavy atom. The molecule has 380 valence electrons. The molecule has 1 aromatic heterocycles. The molecule has 1 aliphatic carbocycles. The topological polar surface area (TPSA) is 169 Å². The minimum atomic E-state index is -1.17. The van der Waals surface area contributed by atoms with Crippen molar-refractivity contribution >= 4 is 63.2 Å². The maximum absolute atomic E-state index is 15.6. The van der Waals surface area contributed by atoms with Gasteiger partial charge in [0.25, 0.3) is 5.91 Å². The maximum Gasteiger partial charge on any atom is 0.255 e. The number of benzene rings is 4. The number of aromatic nitrogens is 1. The Morgan fingerprint density at radius 3 is 2.11 bits per heavy atom. The van der Waals surface area contributed by atoms with E-state index in [1.807, 2.05) is 12.1 Å². The minimum Gasteiger partial charge on any atom is -0.495 e. The summed E-state index contributed by atoms with van der Waals surface area (Å²) in [6.07, 6.45) is 7.32. The number of amides is 5. The molecule has 0 bridgehead atoms. The lowest BCUT2D eigenvalue weighted by Crippen LogP contribution is -2.54. The first-order valence-electron chi connectivity index (χ1n) is 25.5. The molecular formula is C55H59F2N9O7. The molecule has 73 heavy (non-hydrogen) atoms. The van der Waals surface area contributed by atoms with E-state index >= 15 is 4.39 Å². The third-order valence-electron chi connectivity index (χ3n) is 15.9. The van der Waals surface area contributed by atoms with Gasteiger partial charge in [0.05, 0.1) is 24.0 Å². The van der Waals surface area contributed by atoms with Gasteiger partial charge in [-0.2, -0.15) is 0 Å². The summed E-state index contributed by atoms with van der Waals surface area (Å²) < 4.78 is 41.2. The predicted octanol–water partition coefficient (Wildman–Crippen LogP) is 6.94. The van der Waals surface area contributed by atoms with Gasteiger partial charge in [-0.15, -0.1) is 0 Å². The molecule has 5 fully saturated rings. The molecule has 6 aliphatic rings. The first-order valence-corrected chi connectivity index (χ1v) is 25.5. The summed E-state index contributed by atoms with van der Waals surface area (Å²) in [7, 11) is 1.68. The van der Waals surface area contributed by atoms with Crippen LogP contribution in [0, 0.1) is 23.0 Å². The molecule has 0 spiro atoms. The number of hydrogen-bond acceptors (Lipinski definition) is 12. The predicted molar refractivity (Wildman–Crippen MR) is 271 cm³/mol. The Balaban J connectivity index is 0.643. The van der Waals surface area contributed by atoms with E-state index in [9.17, 15) is 28.4 Å². The SMILES string of the molecule is COc1cc2c(Oc3ccc(NC(=O)C4(C(=O)Nc5ccc(F)cc5)CC4)cc3)ccnc2cc1N1CCC(CN2CCC(N3CCN(c4c(F)ccc5c4CN(C4CCC(=O)NC4=O)C5=O)CC3)CC2)CC1. The van der Waals surface area contributed by atoms with E-state index in [4.69, 9.17) is 14.5 Å². The molecule has 11 rings (SSSR count). The number of hydrogen-bond donors (Lipinski definition) is 3. The van der Waals surface area contributed by atoms with Crippen molar-refractivity contribution in [3.05, 3.63) is 108 Å². The highest BCUT2D eigenvalue weighted by Crippen LogP contribution is 2.48. The van der Waals surface area contributed by atoms with Crippen molar-refractivity contribution in [1.29, 1.82) is 0 Å². The monoisotopic (exact) mass is 995 g/mol. The molecule has 5 aromatic rings. The molecule has 5 amide bonds. The summed E-state index contributed by atoms with van der Waals surface area (Å²) in [6.45, 7) is 8.04. The van der Waals surface area contributed by atoms with Crippen LogP contribution in [-0.2, 0) is 25.7 Å². The quantitative estimate of drug-likeness (QED) is 0.0823. The summed E-state index contributed by atoms with van der Waals surface area (Å²) >= 11 is 0.